The molecule has 1 amide bonds. The summed E-state index contributed by atoms with van der Waals surface area (Å²) in [6, 6.07) is 2.86. The number of nitrogens with one attached hydrogen (secondary N) is 1. The number of rotatable bonds is 3. The van der Waals surface area contributed by atoms with E-state index < -0.39 is 44.3 Å². The number of aromatic nitrogens is 2. The van der Waals surface area contributed by atoms with Crippen molar-refractivity contribution in [3.8, 4) is 5.75 Å². The minimum atomic E-state index is -4.73. The van der Waals surface area contributed by atoms with Crippen LogP contribution in [0.2, 0.25) is 0 Å². The lowest BCUT2D eigenvalue weighted by molar-refractivity contribution is -0.384. The number of aryl methyl sites for hydroxylation is 1. The summed E-state index contributed by atoms with van der Waals surface area (Å²) < 4.78 is 38.5. The topological polar surface area (TPSA) is 110 Å². The molecule has 8 nitrogen and oxygen atoms in total. The van der Waals surface area contributed by atoms with Crippen LogP contribution in [0.5, 0.6) is 5.75 Å². The van der Waals surface area contributed by atoms with Crippen LogP contribution in [0.1, 0.15) is 16.2 Å². The normalized spacial score (nSPS) is 11.4. The zero-order chi connectivity index (χ0) is 18.2. The van der Waals surface area contributed by atoms with Crippen molar-refractivity contribution < 1.29 is 28.0 Å². The van der Waals surface area contributed by atoms with E-state index in [4.69, 9.17) is 0 Å². The highest BCUT2D eigenvalue weighted by atomic mass is 79.9. The number of nitro groups is 1. The number of phenolic OH excluding ortho intramolecular Hbond substituents is 1. The van der Waals surface area contributed by atoms with Gasteiger partial charge < -0.3 is 10.4 Å². The quantitative estimate of drug-likeness (QED) is 0.460. The van der Waals surface area contributed by atoms with Gasteiger partial charge in [0.25, 0.3) is 11.6 Å². The molecular weight excluding hydrogens is 401 g/mol. The van der Waals surface area contributed by atoms with Crippen molar-refractivity contribution in [3.05, 3.63) is 44.2 Å². The Hall–Kier alpha value is -2.63. The summed E-state index contributed by atoms with van der Waals surface area (Å²) in [6.07, 6.45) is -4.73. The minimum Gasteiger partial charge on any atom is -0.506 e. The summed E-state index contributed by atoms with van der Waals surface area (Å²) in [5.41, 5.74) is -2.33. The van der Waals surface area contributed by atoms with Gasteiger partial charge in [0.15, 0.2) is 11.4 Å². The molecule has 2 N–H and O–H groups in total. The number of hydrogen-bond donors (Lipinski definition) is 2. The van der Waals surface area contributed by atoms with Crippen molar-refractivity contribution in [1.29, 1.82) is 0 Å². The lowest BCUT2D eigenvalue weighted by Gasteiger charge is -2.07. The number of nitrogens with zero attached hydrogens (tertiary/aromatic N) is 3. The van der Waals surface area contributed by atoms with Crippen molar-refractivity contribution in [2.75, 3.05) is 5.32 Å². The smallest absolute Gasteiger partial charge is 0.434 e. The van der Waals surface area contributed by atoms with Crippen molar-refractivity contribution in [2.24, 2.45) is 7.05 Å². The SMILES string of the molecule is Cn1nc(C(=O)Nc2ccc([N+](=O)[O-])cc2O)c(Br)c1C(F)(F)F. The molecule has 0 aliphatic carbocycles. The Kier molecular flexibility index (Phi) is 4.51. The first-order valence-electron chi connectivity index (χ1n) is 6.10. The van der Waals surface area contributed by atoms with Gasteiger partial charge >= 0.3 is 6.18 Å². The van der Waals surface area contributed by atoms with Gasteiger partial charge in [-0.1, -0.05) is 0 Å². The Labute approximate surface area is 140 Å². The lowest BCUT2D eigenvalue weighted by atomic mass is 10.2. The summed E-state index contributed by atoms with van der Waals surface area (Å²) in [7, 11) is 1.02. The molecule has 0 spiro atoms. The summed E-state index contributed by atoms with van der Waals surface area (Å²) in [6.45, 7) is 0. The van der Waals surface area contributed by atoms with Crippen LogP contribution < -0.4 is 5.32 Å². The van der Waals surface area contributed by atoms with E-state index in [1.54, 1.807) is 0 Å². The third-order valence-corrected chi connectivity index (χ3v) is 3.66. The van der Waals surface area contributed by atoms with Crippen LogP contribution in [-0.2, 0) is 13.2 Å². The van der Waals surface area contributed by atoms with Gasteiger partial charge in [0.1, 0.15) is 5.75 Å². The van der Waals surface area contributed by atoms with Crippen LogP contribution in [0, 0.1) is 10.1 Å². The zero-order valence-electron chi connectivity index (χ0n) is 11.8. The fraction of sp³-hybridized carbons (Fsp3) is 0.167. The molecule has 2 aromatic rings. The maximum atomic E-state index is 12.9. The third kappa shape index (κ3) is 3.32. The molecule has 128 valence electrons. The maximum Gasteiger partial charge on any atom is 0.434 e. The number of non-ortho nitro benzene ring substituents is 1. The molecule has 0 bridgehead atoms. The molecule has 12 heteroatoms. The van der Waals surface area contributed by atoms with Gasteiger partial charge in [0.05, 0.1) is 21.1 Å². The average molecular weight is 409 g/mol. The van der Waals surface area contributed by atoms with Gasteiger partial charge in [-0.2, -0.15) is 18.3 Å². The highest BCUT2D eigenvalue weighted by molar-refractivity contribution is 9.10. The van der Waals surface area contributed by atoms with Gasteiger partial charge in [-0.25, -0.2) is 0 Å². The molecular formula is C12H8BrF3N4O4. The van der Waals surface area contributed by atoms with Gasteiger partial charge in [0, 0.05) is 13.1 Å². The summed E-state index contributed by atoms with van der Waals surface area (Å²) >= 11 is 2.69. The Morgan fingerprint density at radius 3 is 2.54 bits per heavy atom. The number of alkyl halides is 3. The summed E-state index contributed by atoms with van der Waals surface area (Å²) in [5, 5.41) is 25.9. The van der Waals surface area contributed by atoms with Crippen LogP contribution in [0.3, 0.4) is 0 Å². The number of carbonyl (C=O) groups is 1. The second kappa shape index (κ2) is 6.11. The number of halogens is 4. The molecule has 1 aromatic heterocycles. The molecule has 0 fully saturated rings. The van der Waals surface area contributed by atoms with Crippen molar-refractivity contribution >= 4 is 33.2 Å². The molecule has 0 saturated carbocycles. The highest BCUT2D eigenvalue weighted by Crippen LogP contribution is 2.36. The fourth-order valence-electron chi connectivity index (χ4n) is 1.87. The van der Waals surface area contributed by atoms with E-state index in [1.165, 1.54) is 0 Å². The fourth-order valence-corrected chi connectivity index (χ4v) is 2.61. The largest absolute Gasteiger partial charge is 0.506 e. The number of carbonyl (C=O) groups excluding carboxylic acids is 1. The second-order valence-corrected chi connectivity index (χ2v) is 5.34. The van der Waals surface area contributed by atoms with Gasteiger partial charge in [-0.05, 0) is 22.0 Å². The van der Waals surface area contributed by atoms with E-state index in [0.29, 0.717) is 4.68 Å². The van der Waals surface area contributed by atoms with Crippen molar-refractivity contribution in [2.45, 2.75) is 6.18 Å². The molecule has 0 unspecified atom stereocenters. The second-order valence-electron chi connectivity index (χ2n) is 4.55. The number of nitro benzene ring substituents is 1. The molecule has 1 heterocycles. The van der Waals surface area contributed by atoms with E-state index in [-0.39, 0.29) is 5.69 Å². The van der Waals surface area contributed by atoms with Crippen LogP contribution in [0.25, 0.3) is 0 Å². The zero-order valence-corrected chi connectivity index (χ0v) is 13.3. The molecule has 0 aliphatic heterocycles. The molecule has 0 aliphatic rings. The lowest BCUT2D eigenvalue weighted by Crippen LogP contribution is -2.13. The first-order chi connectivity index (χ1) is 11.0. The van der Waals surface area contributed by atoms with E-state index in [0.717, 1.165) is 25.2 Å². The summed E-state index contributed by atoms with van der Waals surface area (Å²) in [4.78, 5) is 21.9. The van der Waals surface area contributed by atoms with Crippen LogP contribution >= 0.6 is 15.9 Å². The maximum absolute atomic E-state index is 12.9. The minimum absolute atomic E-state index is 0.211. The van der Waals surface area contributed by atoms with Gasteiger partial charge in [0.2, 0.25) is 0 Å². The van der Waals surface area contributed by atoms with Crippen molar-refractivity contribution in [1.82, 2.24) is 9.78 Å². The van der Waals surface area contributed by atoms with E-state index in [2.05, 4.69) is 26.3 Å². The number of hydrogen-bond acceptors (Lipinski definition) is 5. The Bertz CT molecular complexity index is 834. The molecule has 2 rings (SSSR count). The predicted octanol–water partition coefficient (Wildman–Crippen LogP) is 3.07. The first-order valence-corrected chi connectivity index (χ1v) is 6.90. The molecule has 0 saturated heterocycles. The van der Waals surface area contributed by atoms with Gasteiger partial charge in [-0.15, -0.1) is 0 Å². The molecule has 24 heavy (non-hydrogen) atoms. The standard InChI is InChI=1S/C12H8BrF3N4O4/c1-19-10(12(14,15)16)8(13)9(18-19)11(22)17-6-3-2-5(20(23)24)4-7(6)21/h2-4,21H,1H3,(H,17,22). The Morgan fingerprint density at radius 1 is 1.46 bits per heavy atom. The number of benzene rings is 1. The molecule has 0 radical (unpaired) electrons. The summed E-state index contributed by atoms with van der Waals surface area (Å²) in [5.74, 6) is -1.64. The first kappa shape index (κ1) is 17.7. The molecule has 1 aromatic carbocycles. The monoisotopic (exact) mass is 408 g/mol. The van der Waals surface area contributed by atoms with E-state index >= 15 is 0 Å². The Balaban J connectivity index is 2.33. The predicted molar refractivity (Wildman–Crippen MR) is 78.6 cm³/mol. The van der Waals surface area contributed by atoms with Crippen LogP contribution in [0.15, 0.2) is 22.7 Å². The highest BCUT2D eigenvalue weighted by Gasteiger charge is 2.39. The van der Waals surface area contributed by atoms with Crippen molar-refractivity contribution in [3.63, 3.8) is 0 Å². The molecule has 0 atom stereocenters. The average Bonchev–Trinajstić information content (AvgIpc) is 2.75. The third-order valence-electron chi connectivity index (χ3n) is 2.91. The van der Waals surface area contributed by atoms with Gasteiger partial charge in [-0.3, -0.25) is 19.6 Å². The van der Waals surface area contributed by atoms with Crippen LogP contribution in [0.4, 0.5) is 24.5 Å². The van der Waals surface area contributed by atoms with Crippen LogP contribution in [-0.4, -0.2) is 25.7 Å². The number of anilines is 1. The number of amides is 1. The Morgan fingerprint density at radius 2 is 2.08 bits per heavy atom. The van der Waals surface area contributed by atoms with E-state index in [1.807, 2.05) is 0 Å². The van der Waals surface area contributed by atoms with E-state index in [9.17, 15) is 33.2 Å². The number of phenols is 1. The number of aromatic hydroxyl groups is 1.